The minimum atomic E-state index is -4.34. The second-order valence-electron chi connectivity index (χ2n) is 8.33. The first-order chi connectivity index (χ1) is 15.0. The fourth-order valence-electron chi connectivity index (χ4n) is 4.43. The zero-order valence-electron chi connectivity index (χ0n) is 17.7. The van der Waals surface area contributed by atoms with E-state index in [4.69, 9.17) is 8.92 Å². The highest BCUT2D eigenvalue weighted by Gasteiger charge is 2.64. The Morgan fingerprint density at radius 3 is 2.78 bits per heavy atom. The van der Waals surface area contributed by atoms with Gasteiger partial charge in [0.1, 0.15) is 23.2 Å². The van der Waals surface area contributed by atoms with Crippen LogP contribution in [0.25, 0.3) is 0 Å². The van der Waals surface area contributed by atoms with Gasteiger partial charge in [0.15, 0.2) is 5.25 Å². The van der Waals surface area contributed by atoms with E-state index in [1.165, 1.54) is 29.7 Å². The van der Waals surface area contributed by atoms with Crippen LogP contribution in [-0.4, -0.2) is 71.6 Å². The average Bonchev–Trinajstić information content (AvgIpc) is 3.25. The van der Waals surface area contributed by atoms with Gasteiger partial charge in [-0.05, 0) is 38.0 Å². The quantitative estimate of drug-likeness (QED) is 0.422. The first-order valence-electron chi connectivity index (χ1n) is 10.1. The fraction of sp³-hybridized carbons (Fsp3) is 0.550. The molecule has 0 spiro atoms. The lowest BCUT2D eigenvalue weighted by atomic mass is 9.96. The van der Waals surface area contributed by atoms with E-state index in [1.54, 1.807) is 26.0 Å². The zero-order chi connectivity index (χ0) is 23.4. The van der Waals surface area contributed by atoms with E-state index in [0.717, 1.165) is 5.56 Å². The van der Waals surface area contributed by atoms with Crippen molar-refractivity contribution in [3.05, 3.63) is 29.3 Å². The maximum atomic E-state index is 13.2. The number of ether oxygens (including phenoxy) is 1. The first kappa shape index (κ1) is 22.9. The number of hydrogen-bond donors (Lipinski definition) is 2. The van der Waals surface area contributed by atoms with Crippen molar-refractivity contribution in [3.8, 4) is 5.75 Å². The Labute approximate surface area is 189 Å². The number of nitrogens with one attached hydrogen (secondary N) is 1. The summed E-state index contributed by atoms with van der Waals surface area (Å²) in [6.07, 6.45) is 0.590. The van der Waals surface area contributed by atoms with Crippen molar-refractivity contribution in [2.45, 2.75) is 54.6 Å². The predicted molar refractivity (Wildman–Crippen MR) is 115 cm³/mol. The highest BCUT2D eigenvalue weighted by Crippen LogP contribution is 2.51. The Morgan fingerprint density at radius 2 is 2.12 bits per heavy atom. The number of carboxylic acid groups (broad SMARTS) is 1. The minimum Gasteiger partial charge on any atom is -0.493 e. The number of β-lactam (4-membered cyclic amide) rings is 1. The van der Waals surface area contributed by atoms with E-state index in [0.29, 0.717) is 18.8 Å². The summed E-state index contributed by atoms with van der Waals surface area (Å²) in [7, 11) is -4.34. The fourth-order valence-corrected chi connectivity index (χ4v) is 7.33. The minimum absolute atomic E-state index is 0.150. The molecule has 0 bridgehead atoms. The van der Waals surface area contributed by atoms with Crippen LogP contribution in [0.2, 0.25) is 0 Å². The molecule has 2 N–H and O–H groups in total. The van der Waals surface area contributed by atoms with E-state index < -0.39 is 55.4 Å². The number of benzene rings is 1. The van der Waals surface area contributed by atoms with E-state index in [2.05, 4.69) is 5.32 Å². The Hall–Kier alpha value is -2.31. The first-order valence-corrected chi connectivity index (χ1v) is 12.5. The molecule has 3 aliphatic rings. The number of rotatable bonds is 7. The highest BCUT2D eigenvalue weighted by molar-refractivity contribution is 8.01. The van der Waals surface area contributed by atoms with Gasteiger partial charge in [-0.2, -0.15) is 8.42 Å². The van der Waals surface area contributed by atoms with Gasteiger partial charge in [0.25, 0.3) is 10.1 Å². The Kier molecular flexibility index (Phi) is 5.66. The van der Waals surface area contributed by atoms with Crippen LogP contribution in [0.5, 0.6) is 5.75 Å². The van der Waals surface area contributed by atoms with Crippen LogP contribution < -0.4 is 10.1 Å². The standard InChI is InChI=1S/C20H24N2O8S2/c1-4-30-32(27,28)14(11-5-6-12-10(9-11)7-8-29-12)16(23)21-13-17(24)22-15(19(25)26)20(2,3)31-18(13)22/h5-6,9,13-15,18H,4,7-8H2,1-3H3,(H,21,23)(H,25,26). The van der Waals surface area contributed by atoms with Crippen molar-refractivity contribution >= 4 is 39.7 Å². The summed E-state index contributed by atoms with van der Waals surface area (Å²) in [5, 5.41) is 9.80. The number of aliphatic carboxylic acids is 1. The molecule has 1 aromatic carbocycles. The molecule has 32 heavy (non-hydrogen) atoms. The molecule has 2 saturated heterocycles. The monoisotopic (exact) mass is 484 g/mol. The van der Waals surface area contributed by atoms with Crippen molar-refractivity contribution < 1.29 is 36.8 Å². The van der Waals surface area contributed by atoms with Gasteiger partial charge in [0.2, 0.25) is 11.8 Å². The summed E-state index contributed by atoms with van der Waals surface area (Å²) < 4.78 is 35.2. The molecule has 174 valence electrons. The maximum Gasteiger partial charge on any atom is 0.327 e. The van der Waals surface area contributed by atoms with Gasteiger partial charge in [-0.15, -0.1) is 11.8 Å². The lowest BCUT2D eigenvalue weighted by molar-refractivity contribution is -0.161. The number of amides is 2. The summed E-state index contributed by atoms with van der Waals surface area (Å²) in [4.78, 5) is 38.8. The number of carbonyl (C=O) groups is 3. The molecule has 1 aromatic rings. The third-order valence-corrected chi connectivity index (χ3v) is 9.00. The van der Waals surface area contributed by atoms with Gasteiger partial charge >= 0.3 is 5.97 Å². The van der Waals surface area contributed by atoms with Crippen LogP contribution in [0.4, 0.5) is 0 Å². The third-order valence-electron chi connectivity index (χ3n) is 5.80. The summed E-state index contributed by atoms with van der Waals surface area (Å²) in [5.41, 5.74) is 1.00. The molecule has 12 heteroatoms. The summed E-state index contributed by atoms with van der Waals surface area (Å²) in [6.45, 7) is 5.26. The Bertz CT molecular complexity index is 1090. The van der Waals surface area contributed by atoms with E-state index in [-0.39, 0.29) is 12.2 Å². The molecular weight excluding hydrogens is 460 g/mol. The third kappa shape index (κ3) is 3.63. The highest BCUT2D eigenvalue weighted by atomic mass is 32.2. The molecule has 0 radical (unpaired) electrons. The van der Waals surface area contributed by atoms with Crippen molar-refractivity contribution in [3.63, 3.8) is 0 Å². The van der Waals surface area contributed by atoms with Crippen LogP contribution in [0.15, 0.2) is 18.2 Å². The molecule has 4 unspecified atom stereocenters. The molecular formula is C20H24N2O8S2. The molecule has 4 rings (SSSR count). The van der Waals surface area contributed by atoms with Crippen LogP contribution in [0.3, 0.4) is 0 Å². The van der Waals surface area contributed by atoms with Crippen LogP contribution in [-0.2, 0) is 35.1 Å². The van der Waals surface area contributed by atoms with Gasteiger partial charge in [-0.25, -0.2) is 4.79 Å². The molecule has 2 fully saturated rings. The second kappa shape index (κ2) is 7.92. The van der Waals surface area contributed by atoms with Crippen molar-refractivity contribution in [1.82, 2.24) is 10.2 Å². The van der Waals surface area contributed by atoms with Gasteiger partial charge in [0.05, 0.1) is 13.2 Å². The molecule has 3 aliphatic heterocycles. The Morgan fingerprint density at radius 1 is 1.41 bits per heavy atom. The number of carbonyl (C=O) groups excluding carboxylic acids is 2. The van der Waals surface area contributed by atoms with Gasteiger partial charge < -0.3 is 20.1 Å². The maximum absolute atomic E-state index is 13.2. The lowest BCUT2D eigenvalue weighted by Crippen LogP contribution is -2.71. The van der Waals surface area contributed by atoms with Crippen molar-refractivity contribution in [2.75, 3.05) is 13.2 Å². The molecule has 2 amide bonds. The van der Waals surface area contributed by atoms with Gasteiger partial charge in [-0.3, -0.25) is 13.8 Å². The van der Waals surface area contributed by atoms with E-state index in [1.807, 2.05) is 0 Å². The van der Waals surface area contributed by atoms with Gasteiger partial charge in [0, 0.05) is 11.2 Å². The molecule has 0 aliphatic carbocycles. The largest absolute Gasteiger partial charge is 0.493 e. The van der Waals surface area contributed by atoms with Gasteiger partial charge in [-0.1, -0.05) is 12.1 Å². The van der Waals surface area contributed by atoms with Crippen LogP contribution in [0.1, 0.15) is 37.1 Å². The molecule has 3 heterocycles. The molecule has 4 atom stereocenters. The number of thioether (sulfide) groups is 1. The summed E-state index contributed by atoms with van der Waals surface area (Å²) in [5.74, 6) is -1.94. The summed E-state index contributed by atoms with van der Waals surface area (Å²) >= 11 is 1.26. The second-order valence-corrected chi connectivity index (χ2v) is 11.8. The Balaban J connectivity index is 1.61. The van der Waals surface area contributed by atoms with Crippen LogP contribution >= 0.6 is 11.8 Å². The van der Waals surface area contributed by atoms with Crippen molar-refractivity contribution in [1.29, 1.82) is 0 Å². The summed E-state index contributed by atoms with van der Waals surface area (Å²) in [6, 6.07) is 2.66. The number of nitrogens with zero attached hydrogens (tertiary/aromatic N) is 1. The molecule has 10 nitrogen and oxygen atoms in total. The average molecular weight is 485 g/mol. The van der Waals surface area contributed by atoms with Crippen molar-refractivity contribution in [2.24, 2.45) is 0 Å². The van der Waals surface area contributed by atoms with Crippen LogP contribution in [0, 0.1) is 0 Å². The van der Waals surface area contributed by atoms with E-state index >= 15 is 0 Å². The lowest BCUT2D eigenvalue weighted by Gasteiger charge is -2.43. The topological polar surface area (TPSA) is 139 Å². The zero-order valence-corrected chi connectivity index (χ0v) is 19.4. The molecule has 0 aromatic heterocycles. The smallest absolute Gasteiger partial charge is 0.327 e. The normalized spacial score (nSPS) is 26.5. The number of fused-ring (bicyclic) bond motifs is 2. The molecule has 0 saturated carbocycles. The predicted octanol–water partition coefficient (Wildman–Crippen LogP) is 0.661. The number of hydrogen-bond acceptors (Lipinski definition) is 8. The number of carboxylic acids is 1. The SMILES string of the molecule is CCOS(=O)(=O)C(C(=O)NC1C(=O)N2C1SC(C)(C)C2C(=O)O)c1ccc2c(c1)CCO2. The van der Waals surface area contributed by atoms with E-state index in [9.17, 15) is 27.9 Å².